The number of benzene rings is 1. The van der Waals surface area contributed by atoms with Crippen LogP contribution in [0.2, 0.25) is 15.1 Å². The smallest absolute Gasteiger partial charge is 0.360 e. The van der Waals surface area contributed by atoms with E-state index in [1.807, 2.05) is 0 Å². The highest BCUT2D eigenvalue weighted by Crippen LogP contribution is 2.31. The molecule has 0 radical (unpaired) electrons. The second-order valence-corrected chi connectivity index (χ2v) is 4.75. The molecule has 2 aromatic rings. The highest BCUT2D eigenvalue weighted by atomic mass is 35.5. The Balaban J connectivity index is 2.70. The third kappa shape index (κ3) is 2.73. The van der Waals surface area contributed by atoms with Crippen molar-refractivity contribution in [1.29, 1.82) is 0 Å². The topological polar surface area (TPSA) is 72.2 Å². The molecule has 0 atom stereocenters. The van der Waals surface area contributed by atoms with Gasteiger partial charge in [-0.25, -0.2) is 9.48 Å². The number of rotatable bonds is 2. The van der Waals surface area contributed by atoms with Crippen LogP contribution in [0.4, 0.5) is 0 Å². The molecule has 0 saturated carbocycles. The fraction of sp³-hybridized carbons (Fsp3) is 0. The first-order chi connectivity index (χ1) is 8.90. The Bertz CT molecular complexity index is 704. The number of carboxylic acids is 1. The van der Waals surface area contributed by atoms with Crippen molar-refractivity contribution in [2.24, 2.45) is 0 Å². The molecule has 1 aromatic heterocycles. The lowest BCUT2D eigenvalue weighted by Crippen LogP contribution is -2.20. The maximum Gasteiger partial charge on any atom is 0.360 e. The lowest BCUT2D eigenvalue weighted by Gasteiger charge is -2.10. The van der Waals surface area contributed by atoms with Crippen molar-refractivity contribution >= 4 is 40.8 Å². The van der Waals surface area contributed by atoms with Gasteiger partial charge in [-0.3, -0.25) is 4.79 Å². The van der Waals surface area contributed by atoms with Crippen LogP contribution in [0.25, 0.3) is 5.69 Å². The third-order valence-electron chi connectivity index (χ3n) is 2.22. The summed E-state index contributed by atoms with van der Waals surface area (Å²) < 4.78 is 1.12. The van der Waals surface area contributed by atoms with Crippen LogP contribution < -0.4 is 5.43 Å². The van der Waals surface area contributed by atoms with Gasteiger partial charge in [0.1, 0.15) is 5.69 Å². The minimum Gasteiger partial charge on any atom is -0.476 e. The fourth-order valence-corrected chi connectivity index (χ4v) is 2.42. The Morgan fingerprint density at radius 2 is 1.79 bits per heavy atom. The van der Waals surface area contributed by atoms with E-state index in [1.54, 1.807) is 0 Å². The molecule has 0 aliphatic rings. The van der Waals surface area contributed by atoms with Crippen LogP contribution in [0.5, 0.6) is 0 Å². The summed E-state index contributed by atoms with van der Waals surface area (Å²) in [5.74, 6) is -1.43. The summed E-state index contributed by atoms with van der Waals surface area (Å²) in [5, 5.41) is 13.2. The van der Waals surface area contributed by atoms with Crippen LogP contribution in [0.3, 0.4) is 0 Å². The molecule has 0 unspecified atom stereocenters. The molecule has 0 aliphatic carbocycles. The average Bonchev–Trinajstić information content (AvgIpc) is 2.29. The van der Waals surface area contributed by atoms with Crippen molar-refractivity contribution in [2.45, 2.75) is 0 Å². The van der Waals surface area contributed by atoms with Gasteiger partial charge in [0.25, 0.3) is 0 Å². The molecule has 98 valence electrons. The Hall–Kier alpha value is -1.56. The van der Waals surface area contributed by atoms with Gasteiger partial charge in [0, 0.05) is 17.3 Å². The molecule has 1 N–H and O–H groups in total. The van der Waals surface area contributed by atoms with Crippen molar-refractivity contribution in [2.75, 3.05) is 0 Å². The van der Waals surface area contributed by atoms with Crippen molar-refractivity contribution in [3.63, 3.8) is 0 Å². The van der Waals surface area contributed by atoms with Gasteiger partial charge in [-0.15, -0.1) is 0 Å². The SMILES string of the molecule is O=C(O)c1nn(-c2c(Cl)cc(Cl)cc2Cl)ccc1=O. The highest BCUT2D eigenvalue weighted by molar-refractivity contribution is 6.40. The van der Waals surface area contributed by atoms with E-state index in [9.17, 15) is 9.59 Å². The van der Waals surface area contributed by atoms with Gasteiger partial charge in [0.05, 0.1) is 10.0 Å². The van der Waals surface area contributed by atoms with E-state index in [0.717, 1.165) is 10.7 Å². The van der Waals surface area contributed by atoms with Gasteiger partial charge < -0.3 is 5.11 Å². The molecule has 0 fully saturated rings. The monoisotopic (exact) mass is 318 g/mol. The molecule has 5 nitrogen and oxygen atoms in total. The summed E-state index contributed by atoms with van der Waals surface area (Å²) >= 11 is 17.7. The van der Waals surface area contributed by atoms with Crippen LogP contribution in [-0.4, -0.2) is 20.9 Å². The summed E-state index contributed by atoms with van der Waals surface area (Å²) in [6.07, 6.45) is 1.27. The van der Waals surface area contributed by atoms with Crippen LogP contribution >= 0.6 is 34.8 Å². The Kier molecular flexibility index (Phi) is 3.80. The van der Waals surface area contributed by atoms with E-state index in [1.165, 1.54) is 18.3 Å². The van der Waals surface area contributed by atoms with Gasteiger partial charge in [0.15, 0.2) is 0 Å². The molecule has 8 heteroatoms. The summed E-state index contributed by atoms with van der Waals surface area (Å²) in [7, 11) is 0. The highest BCUT2D eigenvalue weighted by Gasteiger charge is 2.15. The normalized spacial score (nSPS) is 10.5. The van der Waals surface area contributed by atoms with E-state index in [-0.39, 0.29) is 15.7 Å². The van der Waals surface area contributed by atoms with Gasteiger partial charge in [-0.1, -0.05) is 34.8 Å². The summed E-state index contributed by atoms with van der Waals surface area (Å²) in [5.41, 5.74) is -1.08. The minimum atomic E-state index is -1.43. The molecular formula is C11H5Cl3N2O3. The maximum absolute atomic E-state index is 11.3. The van der Waals surface area contributed by atoms with Gasteiger partial charge in [-0.05, 0) is 12.1 Å². The van der Waals surface area contributed by atoms with E-state index in [4.69, 9.17) is 39.9 Å². The van der Waals surface area contributed by atoms with E-state index in [0.29, 0.717) is 5.02 Å². The molecule has 0 aliphatic heterocycles. The molecule has 1 heterocycles. The fourth-order valence-electron chi connectivity index (χ4n) is 1.43. The molecule has 1 aromatic carbocycles. The standard InChI is InChI=1S/C11H5Cl3N2O3/c12-5-3-6(13)10(7(14)4-5)16-2-1-8(17)9(15-16)11(18)19/h1-4H,(H,18,19). The zero-order valence-electron chi connectivity index (χ0n) is 9.10. The van der Waals surface area contributed by atoms with Crippen molar-refractivity contribution in [3.05, 3.63) is 55.4 Å². The van der Waals surface area contributed by atoms with Crippen LogP contribution in [0.1, 0.15) is 10.5 Å². The first-order valence-electron chi connectivity index (χ1n) is 4.88. The second kappa shape index (κ2) is 5.21. The number of aromatic carboxylic acids is 1. The largest absolute Gasteiger partial charge is 0.476 e. The molecule has 19 heavy (non-hydrogen) atoms. The zero-order valence-corrected chi connectivity index (χ0v) is 11.4. The van der Waals surface area contributed by atoms with Crippen LogP contribution in [-0.2, 0) is 0 Å². The summed E-state index contributed by atoms with van der Waals surface area (Å²) in [6, 6.07) is 3.94. The number of aromatic nitrogens is 2. The van der Waals surface area contributed by atoms with Crippen molar-refractivity contribution < 1.29 is 9.90 Å². The molecule has 0 bridgehead atoms. The molecular weight excluding hydrogens is 314 g/mol. The molecule has 0 saturated heterocycles. The summed E-state index contributed by atoms with van der Waals surface area (Å²) in [4.78, 5) is 22.2. The van der Waals surface area contributed by atoms with Crippen molar-refractivity contribution in [3.8, 4) is 5.69 Å². The third-order valence-corrected chi connectivity index (χ3v) is 3.02. The molecule has 2 rings (SSSR count). The molecule has 0 amide bonds. The first kappa shape index (κ1) is 13.9. The second-order valence-electron chi connectivity index (χ2n) is 3.50. The summed E-state index contributed by atoms with van der Waals surface area (Å²) in [6.45, 7) is 0. The first-order valence-corrected chi connectivity index (χ1v) is 6.01. The number of carboxylic acid groups (broad SMARTS) is 1. The van der Waals surface area contributed by atoms with Crippen molar-refractivity contribution in [1.82, 2.24) is 9.78 Å². The number of carbonyl (C=O) groups is 1. The predicted octanol–water partition coefficient (Wildman–Crippen LogP) is 2.89. The average molecular weight is 320 g/mol. The van der Waals surface area contributed by atoms with E-state index in [2.05, 4.69) is 5.10 Å². The van der Waals surface area contributed by atoms with Crippen LogP contribution in [0, 0.1) is 0 Å². The molecule has 0 spiro atoms. The zero-order chi connectivity index (χ0) is 14.2. The lowest BCUT2D eigenvalue weighted by molar-refractivity contribution is 0.0687. The lowest BCUT2D eigenvalue weighted by atomic mass is 10.3. The number of hydrogen-bond acceptors (Lipinski definition) is 3. The quantitative estimate of drug-likeness (QED) is 0.924. The minimum absolute atomic E-state index is 0.185. The van der Waals surface area contributed by atoms with Gasteiger partial charge in [-0.2, -0.15) is 5.10 Å². The van der Waals surface area contributed by atoms with Gasteiger partial charge >= 0.3 is 5.97 Å². The number of hydrogen-bond donors (Lipinski definition) is 1. The number of nitrogens with zero attached hydrogens (tertiary/aromatic N) is 2. The Morgan fingerprint density at radius 3 is 2.32 bits per heavy atom. The predicted molar refractivity (Wildman–Crippen MR) is 71.8 cm³/mol. The van der Waals surface area contributed by atoms with Gasteiger partial charge in [0.2, 0.25) is 11.1 Å². The Morgan fingerprint density at radius 1 is 1.21 bits per heavy atom. The van der Waals surface area contributed by atoms with E-state index >= 15 is 0 Å². The van der Waals surface area contributed by atoms with Crippen LogP contribution in [0.15, 0.2) is 29.2 Å². The number of halogens is 3. The maximum atomic E-state index is 11.3. The Labute approximate surface area is 121 Å². The van der Waals surface area contributed by atoms with E-state index < -0.39 is 17.1 Å².